The molecular formula is C9H11N7O. The van der Waals surface area contributed by atoms with Gasteiger partial charge in [0.25, 0.3) is 5.95 Å². The highest BCUT2D eigenvalue weighted by Crippen LogP contribution is 2.07. The van der Waals surface area contributed by atoms with Crippen molar-refractivity contribution in [2.24, 2.45) is 0 Å². The van der Waals surface area contributed by atoms with Gasteiger partial charge >= 0.3 is 6.01 Å². The first-order chi connectivity index (χ1) is 8.29. The molecule has 0 fully saturated rings. The van der Waals surface area contributed by atoms with Gasteiger partial charge in [-0.3, -0.25) is 0 Å². The van der Waals surface area contributed by atoms with E-state index in [9.17, 15) is 0 Å². The van der Waals surface area contributed by atoms with Gasteiger partial charge in [0.15, 0.2) is 0 Å². The fourth-order valence-corrected chi connectivity index (χ4v) is 1.07. The number of anilines is 1. The zero-order valence-electron chi connectivity index (χ0n) is 9.02. The van der Waals surface area contributed by atoms with Crippen LogP contribution in [0.3, 0.4) is 0 Å². The largest absolute Gasteiger partial charge is 0.463 e. The normalized spacial score (nSPS) is 10.1. The lowest BCUT2D eigenvalue weighted by Crippen LogP contribution is -2.09. The van der Waals surface area contributed by atoms with Crippen molar-refractivity contribution < 1.29 is 4.74 Å². The summed E-state index contributed by atoms with van der Waals surface area (Å²) in [5.41, 5.74) is 5.55. The summed E-state index contributed by atoms with van der Waals surface area (Å²) < 4.78 is 6.66. The number of nitrogens with two attached hydrogens (primary N) is 1. The molecule has 8 nitrogen and oxygen atoms in total. The van der Waals surface area contributed by atoms with E-state index in [0.717, 1.165) is 0 Å². The van der Waals surface area contributed by atoms with Crippen molar-refractivity contribution in [2.75, 3.05) is 12.3 Å². The maximum Gasteiger partial charge on any atom is 0.323 e. The van der Waals surface area contributed by atoms with Crippen molar-refractivity contribution in [3.05, 3.63) is 25.3 Å². The van der Waals surface area contributed by atoms with E-state index in [-0.39, 0.29) is 17.9 Å². The van der Waals surface area contributed by atoms with Gasteiger partial charge in [-0.15, -0.1) is 6.58 Å². The molecule has 0 saturated carbocycles. The van der Waals surface area contributed by atoms with E-state index >= 15 is 0 Å². The monoisotopic (exact) mass is 233 g/mol. The first-order valence-electron chi connectivity index (χ1n) is 4.90. The van der Waals surface area contributed by atoms with E-state index in [1.165, 1.54) is 17.3 Å². The Bertz CT molecular complexity index is 496. The van der Waals surface area contributed by atoms with Crippen LogP contribution in [0.25, 0.3) is 5.95 Å². The molecule has 0 aliphatic rings. The number of aromatic nitrogens is 6. The maximum absolute atomic E-state index is 5.55. The van der Waals surface area contributed by atoms with Crippen molar-refractivity contribution in [3.8, 4) is 12.0 Å². The minimum absolute atomic E-state index is 0.0686. The van der Waals surface area contributed by atoms with E-state index in [4.69, 9.17) is 10.5 Å². The highest BCUT2D eigenvalue weighted by atomic mass is 16.5. The topological polar surface area (TPSA) is 105 Å². The zero-order chi connectivity index (χ0) is 12.1. The third-order valence-electron chi connectivity index (χ3n) is 1.80. The second-order valence-electron chi connectivity index (χ2n) is 3.04. The van der Waals surface area contributed by atoms with Crippen LogP contribution in [0.2, 0.25) is 0 Å². The molecule has 2 aromatic heterocycles. The van der Waals surface area contributed by atoms with Crippen LogP contribution in [0.5, 0.6) is 6.01 Å². The summed E-state index contributed by atoms with van der Waals surface area (Å²) in [5, 5.41) is 3.89. The molecular weight excluding hydrogens is 222 g/mol. The molecule has 17 heavy (non-hydrogen) atoms. The van der Waals surface area contributed by atoms with Gasteiger partial charge in [-0.25, -0.2) is 4.98 Å². The Balaban J connectivity index is 2.20. The molecule has 2 aromatic rings. The van der Waals surface area contributed by atoms with Crippen molar-refractivity contribution >= 4 is 5.95 Å². The Morgan fingerprint density at radius 2 is 2.29 bits per heavy atom. The fraction of sp³-hybridized carbons (Fsp3) is 0.222. The highest BCUT2D eigenvalue weighted by molar-refractivity contribution is 5.23. The van der Waals surface area contributed by atoms with Gasteiger partial charge in [-0.05, 0) is 6.42 Å². The van der Waals surface area contributed by atoms with Crippen LogP contribution in [0, 0.1) is 0 Å². The van der Waals surface area contributed by atoms with Crippen molar-refractivity contribution in [1.82, 2.24) is 29.7 Å². The molecule has 0 bridgehead atoms. The summed E-state index contributed by atoms with van der Waals surface area (Å²) in [7, 11) is 0. The third-order valence-corrected chi connectivity index (χ3v) is 1.80. The van der Waals surface area contributed by atoms with E-state index in [2.05, 4.69) is 31.6 Å². The molecule has 0 aromatic carbocycles. The maximum atomic E-state index is 5.55. The van der Waals surface area contributed by atoms with Crippen LogP contribution in [-0.2, 0) is 0 Å². The summed E-state index contributed by atoms with van der Waals surface area (Å²) >= 11 is 0. The average Bonchev–Trinajstić information content (AvgIpc) is 2.82. The Labute approximate surface area is 97.2 Å². The van der Waals surface area contributed by atoms with Gasteiger partial charge in [-0.1, -0.05) is 6.08 Å². The van der Waals surface area contributed by atoms with E-state index in [1.807, 2.05) is 0 Å². The summed E-state index contributed by atoms with van der Waals surface area (Å²) in [4.78, 5) is 15.6. The SMILES string of the molecule is C=CCCOc1nc(N)nc(-n2cncn2)n1. The number of hydrogen-bond acceptors (Lipinski definition) is 7. The lowest BCUT2D eigenvalue weighted by atomic mass is 10.5. The molecule has 88 valence electrons. The number of ether oxygens (including phenoxy) is 1. The number of nitrogen functional groups attached to an aromatic ring is 1. The van der Waals surface area contributed by atoms with Crippen molar-refractivity contribution in [3.63, 3.8) is 0 Å². The van der Waals surface area contributed by atoms with Crippen LogP contribution >= 0.6 is 0 Å². The van der Waals surface area contributed by atoms with E-state index < -0.39 is 0 Å². The van der Waals surface area contributed by atoms with E-state index in [1.54, 1.807) is 6.08 Å². The Morgan fingerprint density at radius 3 is 3.00 bits per heavy atom. The molecule has 2 N–H and O–H groups in total. The van der Waals surface area contributed by atoms with Crippen LogP contribution < -0.4 is 10.5 Å². The summed E-state index contributed by atoms with van der Waals surface area (Å²) in [6, 6.07) is 0.157. The molecule has 0 radical (unpaired) electrons. The highest BCUT2D eigenvalue weighted by Gasteiger charge is 2.07. The standard InChI is InChI=1S/C9H11N7O/c1-2-3-4-17-9-14-7(10)13-8(15-9)16-6-11-5-12-16/h2,5-6H,1,3-4H2,(H2,10,13,14,15). The Hall–Kier alpha value is -2.51. The fourth-order valence-electron chi connectivity index (χ4n) is 1.07. The molecule has 0 saturated heterocycles. The molecule has 0 aliphatic carbocycles. The van der Waals surface area contributed by atoms with Crippen LogP contribution in [0.15, 0.2) is 25.3 Å². The Kier molecular flexibility index (Phi) is 3.24. The predicted molar refractivity (Wildman–Crippen MR) is 59.5 cm³/mol. The summed E-state index contributed by atoms with van der Waals surface area (Å²) in [6.45, 7) is 4.02. The molecule has 0 unspecified atom stereocenters. The minimum atomic E-state index is 0.0686. The van der Waals surface area contributed by atoms with Crippen LogP contribution in [0.1, 0.15) is 6.42 Å². The van der Waals surface area contributed by atoms with E-state index in [0.29, 0.717) is 13.0 Å². The van der Waals surface area contributed by atoms with Gasteiger partial charge in [0.1, 0.15) is 12.7 Å². The van der Waals surface area contributed by atoms with Crippen molar-refractivity contribution in [1.29, 1.82) is 0 Å². The van der Waals surface area contributed by atoms with Gasteiger partial charge in [0.05, 0.1) is 6.61 Å². The number of rotatable bonds is 5. The van der Waals surface area contributed by atoms with Crippen molar-refractivity contribution in [2.45, 2.75) is 6.42 Å². The molecule has 0 aliphatic heterocycles. The van der Waals surface area contributed by atoms with Gasteiger partial charge < -0.3 is 10.5 Å². The second kappa shape index (κ2) is 5.01. The molecule has 2 heterocycles. The van der Waals surface area contributed by atoms with Gasteiger partial charge in [0.2, 0.25) is 5.95 Å². The lowest BCUT2D eigenvalue weighted by molar-refractivity contribution is 0.298. The number of nitrogens with zero attached hydrogens (tertiary/aromatic N) is 6. The zero-order valence-corrected chi connectivity index (χ0v) is 9.02. The molecule has 0 atom stereocenters. The smallest absolute Gasteiger partial charge is 0.323 e. The number of hydrogen-bond donors (Lipinski definition) is 1. The first-order valence-corrected chi connectivity index (χ1v) is 4.90. The molecule has 0 amide bonds. The second-order valence-corrected chi connectivity index (χ2v) is 3.04. The molecule has 8 heteroatoms. The Morgan fingerprint density at radius 1 is 1.41 bits per heavy atom. The van der Waals surface area contributed by atoms with Gasteiger partial charge in [-0.2, -0.15) is 24.7 Å². The van der Waals surface area contributed by atoms with Crippen LogP contribution in [0.4, 0.5) is 5.95 Å². The van der Waals surface area contributed by atoms with Crippen LogP contribution in [-0.4, -0.2) is 36.3 Å². The van der Waals surface area contributed by atoms with Gasteiger partial charge in [0, 0.05) is 0 Å². The molecule has 2 rings (SSSR count). The lowest BCUT2D eigenvalue weighted by Gasteiger charge is -2.04. The summed E-state index contributed by atoms with van der Waals surface area (Å²) in [6.07, 6.45) is 5.27. The quantitative estimate of drug-likeness (QED) is 0.572. The average molecular weight is 233 g/mol. The first kappa shape index (κ1) is 11.0. The third kappa shape index (κ3) is 2.74. The minimum Gasteiger partial charge on any atom is -0.463 e. The summed E-state index contributed by atoms with van der Waals surface area (Å²) in [5.74, 6) is 0.336. The predicted octanol–water partition coefficient (Wildman–Crippen LogP) is -0.0106. The molecule has 0 spiro atoms.